The van der Waals surface area contributed by atoms with Gasteiger partial charge in [-0.15, -0.1) is 0 Å². The molecule has 0 saturated heterocycles. The van der Waals surface area contributed by atoms with Crippen LogP contribution in [-0.2, 0) is 11.8 Å². The van der Waals surface area contributed by atoms with Crippen LogP contribution in [0.5, 0.6) is 11.5 Å². The van der Waals surface area contributed by atoms with E-state index >= 15 is 0 Å². The summed E-state index contributed by atoms with van der Waals surface area (Å²) in [6, 6.07) is 11.8. The lowest BCUT2D eigenvalue weighted by molar-refractivity contribution is 0.376. The van der Waals surface area contributed by atoms with Crippen LogP contribution in [0.15, 0.2) is 45.8 Å². The number of rotatable bonds is 5. The fourth-order valence-electron chi connectivity index (χ4n) is 3.98. The number of fused-ring (bicyclic) bond motifs is 4. The van der Waals surface area contributed by atoms with Crippen molar-refractivity contribution in [3.63, 3.8) is 0 Å². The Bertz CT molecular complexity index is 1040. The molecule has 1 heterocycles. The minimum absolute atomic E-state index is 0.196. The van der Waals surface area contributed by atoms with Crippen molar-refractivity contribution in [3.05, 3.63) is 52.5 Å². The molecule has 0 amide bonds. The summed E-state index contributed by atoms with van der Waals surface area (Å²) in [5.41, 5.74) is 3.69. The molecule has 1 fully saturated rings. The molecule has 2 aliphatic rings. The van der Waals surface area contributed by atoms with Crippen LogP contribution >= 0.6 is 23.5 Å². The second kappa shape index (κ2) is 6.64. The zero-order chi connectivity index (χ0) is 19.3. The molecule has 0 unspecified atom stereocenters. The predicted molar refractivity (Wildman–Crippen MR) is 111 cm³/mol. The van der Waals surface area contributed by atoms with Crippen molar-refractivity contribution in [2.75, 3.05) is 18.9 Å². The lowest BCUT2D eigenvalue weighted by Gasteiger charge is -2.24. The molecule has 0 radical (unpaired) electrons. The number of benzene rings is 2. The molecule has 0 aliphatic heterocycles. The molecule has 2 aliphatic carbocycles. The molecule has 3 aromatic rings. The first kappa shape index (κ1) is 17.8. The van der Waals surface area contributed by atoms with Gasteiger partial charge in [0, 0.05) is 21.6 Å². The van der Waals surface area contributed by atoms with Crippen LogP contribution < -0.4 is 14.2 Å². The lowest BCUT2D eigenvalue weighted by Crippen LogP contribution is -2.17. The second-order valence-electron chi connectivity index (χ2n) is 7.18. The summed E-state index contributed by atoms with van der Waals surface area (Å²) in [4.78, 5) is 0.865. The number of hydrogen-bond acceptors (Lipinski definition) is 6. The smallest absolute Gasteiger partial charge is 0.183 e. The summed E-state index contributed by atoms with van der Waals surface area (Å²) in [5, 5.41) is 5.02. The minimum atomic E-state index is 0.196. The minimum Gasteiger partial charge on any atom is -0.495 e. The van der Waals surface area contributed by atoms with Gasteiger partial charge in [0.1, 0.15) is 16.4 Å². The quantitative estimate of drug-likeness (QED) is 0.539. The largest absolute Gasteiger partial charge is 0.495 e. The van der Waals surface area contributed by atoms with Crippen molar-refractivity contribution in [1.29, 1.82) is 0 Å². The second-order valence-corrected chi connectivity index (χ2v) is 8.43. The van der Waals surface area contributed by atoms with Crippen molar-refractivity contribution in [1.82, 2.24) is 5.16 Å². The molecule has 0 bridgehead atoms. The number of aromatic nitrogens is 1. The Labute approximate surface area is 172 Å². The van der Waals surface area contributed by atoms with E-state index in [2.05, 4.69) is 15.9 Å². The van der Waals surface area contributed by atoms with Gasteiger partial charge in [-0.25, -0.2) is 0 Å². The molecular weight excluding hydrogens is 396 g/mol. The summed E-state index contributed by atoms with van der Waals surface area (Å²) in [7, 11) is 3.29. The molecule has 2 aromatic carbocycles. The third-order valence-corrected chi connectivity index (χ3v) is 6.72. The highest BCUT2D eigenvalue weighted by Gasteiger charge is 2.50. The maximum atomic E-state index is 6.26. The molecule has 1 aromatic heterocycles. The zero-order valence-electron chi connectivity index (χ0n) is 15.5. The van der Waals surface area contributed by atoms with Gasteiger partial charge >= 0.3 is 0 Å². The van der Waals surface area contributed by atoms with Gasteiger partial charge in [0.25, 0.3) is 0 Å². The number of nitrogens with one attached hydrogen (secondary N) is 1. The Balaban J connectivity index is 1.50. The van der Waals surface area contributed by atoms with Gasteiger partial charge < -0.3 is 18.7 Å². The number of ether oxygens (including phenoxy) is 2. The summed E-state index contributed by atoms with van der Waals surface area (Å²) < 4.78 is 20.0. The Hall–Kier alpha value is -2.31. The van der Waals surface area contributed by atoms with E-state index in [-0.39, 0.29) is 5.41 Å². The molecule has 1 spiro atoms. The average Bonchev–Trinajstić information content (AvgIpc) is 3.37. The van der Waals surface area contributed by atoms with Gasteiger partial charge in [-0.2, -0.15) is 0 Å². The lowest BCUT2D eigenvalue weighted by atomic mass is 9.79. The van der Waals surface area contributed by atoms with E-state index in [1.54, 1.807) is 14.2 Å². The summed E-state index contributed by atoms with van der Waals surface area (Å²) >= 11 is 7.67. The van der Waals surface area contributed by atoms with E-state index in [1.165, 1.54) is 30.4 Å². The molecular formula is C21H19ClN2O3S. The fraction of sp³-hybridized carbons (Fsp3) is 0.286. The van der Waals surface area contributed by atoms with E-state index in [0.29, 0.717) is 5.02 Å². The van der Waals surface area contributed by atoms with Crippen molar-refractivity contribution >= 4 is 29.4 Å². The first-order chi connectivity index (χ1) is 13.6. The summed E-state index contributed by atoms with van der Waals surface area (Å²) in [5.74, 6) is 3.03. The number of halogens is 1. The monoisotopic (exact) mass is 414 g/mol. The zero-order valence-corrected chi connectivity index (χ0v) is 17.1. The van der Waals surface area contributed by atoms with Gasteiger partial charge in [0.15, 0.2) is 11.6 Å². The molecule has 1 N–H and O–H groups in total. The highest BCUT2D eigenvalue weighted by atomic mass is 35.5. The van der Waals surface area contributed by atoms with Gasteiger partial charge in [-0.1, -0.05) is 28.9 Å². The molecule has 7 heteroatoms. The number of nitrogens with zero attached hydrogens (tertiary/aromatic N) is 1. The van der Waals surface area contributed by atoms with Crippen molar-refractivity contribution in [2.24, 2.45) is 0 Å². The van der Waals surface area contributed by atoms with Crippen LogP contribution in [0.1, 0.15) is 24.0 Å². The van der Waals surface area contributed by atoms with Crippen molar-refractivity contribution < 1.29 is 14.0 Å². The highest BCUT2D eigenvalue weighted by Crippen LogP contribution is 2.58. The van der Waals surface area contributed by atoms with E-state index in [4.69, 9.17) is 25.6 Å². The first-order valence-electron chi connectivity index (χ1n) is 9.08. The van der Waals surface area contributed by atoms with Crippen LogP contribution in [-0.4, -0.2) is 19.4 Å². The summed E-state index contributed by atoms with van der Waals surface area (Å²) in [6.45, 7) is 0. The number of methoxy groups -OCH3 is 2. The van der Waals surface area contributed by atoms with E-state index in [9.17, 15) is 0 Å². The van der Waals surface area contributed by atoms with Crippen molar-refractivity contribution in [2.45, 2.75) is 29.6 Å². The van der Waals surface area contributed by atoms with Crippen LogP contribution in [0.25, 0.3) is 11.3 Å². The fourth-order valence-corrected chi connectivity index (χ4v) is 5.01. The van der Waals surface area contributed by atoms with Crippen LogP contribution in [0.4, 0.5) is 5.82 Å². The molecule has 144 valence electrons. The molecule has 1 saturated carbocycles. The van der Waals surface area contributed by atoms with Crippen LogP contribution in [0.3, 0.4) is 0 Å². The maximum Gasteiger partial charge on any atom is 0.183 e. The summed E-state index contributed by atoms with van der Waals surface area (Å²) in [6.07, 6.45) is 3.28. The predicted octanol–water partition coefficient (Wildman–Crippen LogP) is 5.72. The Morgan fingerprint density at radius 3 is 2.57 bits per heavy atom. The first-order valence-corrected chi connectivity index (χ1v) is 10.3. The molecule has 0 atom stereocenters. The Kier molecular flexibility index (Phi) is 4.21. The van der Waals surface area contributed by atoms with E-state index in [0.717, 1.165) is 45.5 Å². The number of hydrogen-bond donors (Lipinski definition) is 1. The molecule has 5 rings (SSSR count). The van der Waals surface area contributed by atoms with Gasteiger partial charge in [0.2, 0.25) is 0 Å². The normalized spacial score (nSPS) is 15.7. The third kappa shape index (κ3) is 2.74. The maximum absolute atomic E-state index is 6.26. The van der Waals surface area contributed by atoms with Gasteiger partial charge in [-0.3, -0.25) is 0 Å². The average molecular weight is 415 g/mol. The molecule has 5 nitrogen and oxygen atoms in total. The Morgan fingerprint density at radius 2 is 1.89 bits per heavy atom. The standard InChI is InChI=1S/C21H19ClN2O3S/c1-25-16-4-3-5-17(26-2)19(16)28-24-20-14-11-21(8-9-21)15-7-6-12(22)10-13(15)18(14)27-23-20/h3-7,10H,8-9,11H2,1-2H3,(H,23,24). The highest BCUT2D eigenvalue weighted by molar-refractivity contribution is 8.00. The SMILES string of the molecule is COc1cccc(OC)c1SNc1noc2c1CC1(CC1)c1ccc(Cl)cc1-2. The van der Waals surface area contributed by atoms with Crippen LogP contribution in [0.2, 0.25) is 5.02 Å². The van der Waals surface area contributed by atoms with E-state index < -0.39 is 0 Å². The topological polar surface area (TPSA) is 56.5 Å². The van der Waals surface area contributed by atoms with E-state index in [1.807, 2.05) is 30.3 Å². The Morgan fingerprint density at radius 1 is 1.14 bits per heavy atom. The van der Waals surface area contributed by atoms with Gasteiger partial charge in [0.05, 0.1) is 14.2 Å². The third-order valence-electron chi connectivity index (χ3n) is 5.59. The van der Waals surface area contributed by atoms with Crippen LogP contribution in [0, 0.1) is 0 Å². The van der Waals surface area contributed by atoms with Crippen molar-refractivity contribution in [3.8, 4) is 22.8 Å². The molecule has 28 heavy (non-hydrogen) atoms. The number of anilines is 1. The van der Waals surface area contributed by atoms with Gasteiger partial charge in [-0.05, 0) is 61.0 Å².